The van der Waals surface area contributed by atoms with E-state index in [1.165, 1.54) is 11.1 Å². The van der Waals surface area contributed by atoms with Gasteiger partial charge in [-0.2, -0.15) is 5.10 Å². The molecule has 0 bridgehead atoms. The monoisotopic (exact) mass is 461 g/mol. The van der Waals surface area contributed by atoms with Gasteiger partial charge in [-0.25, -0.2) is 5.01 Å². The molecule has 34 heavy (non-hydrogen) atoms. The lowest BCUT2D eigenvalue weighted by molar-refractivity contribution is -0.150. The summed E-state index contributed by atoms with van der Waals surface area (Å²) in [6.45, 7) is 10.1. The van der Waals surface area contributed by atoms with Gasteiger partial charge in [-0.05, 0) is 63.8 Å². The summed E-state index contributed by atoms with van der Waals surface area (Å²) < 4.78 is 5.22. The number of benzene rings is 2. The molecule has 6 heteroatoms. The molecule has 0 aromatic heterocycles. The van der Waals surface area contributed by atoms with Gasteiger partial charge in [0, 0.05) is 13.0 Å². The van der Waals surface area contributed by atoms with Crippen molar-refractivity contribution in [3.05, 3.63) is 70.3 Å². The maximum Gasteiger partial charge on any atom is 0.310 e. The molecule has 0 unspecified atom stereocenters. The van der Waals surface area contributed by atoms with Gasteiger partial charge >= 0.3 is 5.97 Å². The van der Waals surface area contributed by atoms with Crippen LogP contribution in [0.4, 0.5) is 0 Å². The van der Waals surface area contributed by atoms with E-state index >= 15 is 0 Å². The van der Waals surface area contributed by atoms with Crippen LogP contribution in [0.2, 0.25) is 0 Å². The minimum atomic E-state index is -0.166. The predicted octanol–water partition coefficient (Wildman–Crippen LogP) is 4.56. The summed E-state index contributed by atoms with van der Waals surface area (Å²) in [5.41, 5.74) is 6.64. The molecule has 0 N–H and O–H groups in total. The van der Waals surface area contributed by atoms with E-state index in [-0.39, 0.29) is 30.4 Å². The fraction of sp³-hybridized carbons (Fsp3) is 0.464. The number of esters is 1. The Bertz CT molecular complexity index is 1090. The molecule has 2 aromatic carbocycles. The van der Waals surface area contributed by atoms with E-state index in [0.29, 0.717) is 19.6 Å². The van der Waals surface area contributed by atoms with E-state index in [4.69, 9.17) is 9.84 Å². The molecule has 2 heterocycles. The normalized spacial score (nSPS) is 20.8. The Labute approximate surface area is 202 Å². The van der Waals surface area contributed by atoms with E-state index < -0.39 is 0 Å². The highest BCUT2D eigenvalue weighted by atomic mass is 16.5. The minimum absolute atomic E-state index is 0.0296. The van der Waals surface area contributed by atoms with E-state index in [1.807, 2.05) is 13.0 Å². The van der Waals surface area contributed by atoms with Gasteiger partial charge in [-0.15, -0.1) is 0 Å². The van der Waals surface area contributed by atoms with Crippen molar-refractivity contribution < 1.29 is 14.3 Å². The van der Waals surface area contributed by atoms with Crippen molar-refractivity contribution in [1.29, 1.82) is 0 Å². The van der Waals surface area contributed by atoms with Gasteiger partial charge in [0.15, 0.2) is 0 Å². The van der Waals surface area contributed by atoms with Crippen molar-refractivity contribution in [3.8, 4) is 0 Å². The number of ether oxygens (including phenoxy) is 1. The summed E-state index contributed by atoms with van der Waals surface area (Å²) in [6, 6.07) is 14.6. The Morgan fingerprint density at radius 2 is 1.88 bits per heavy atom. The highest BCUT2D eigenvalue weighted by Crippen LogP contribution is 2.35. The maximum atomic E-state index is 13.6. The number of hydrogen-bond acceptors (Lipinski definition) is 5. The van der Waals surface area contributed by atoms with Crippen molar-refractivity contribution in [1.82, 2.24) is 9.91 Å². The SMILES string of the molecule is CCOC(=O)[C@H]1CCCN(CC(=O)N2N=C(c3cccc(C)c3)C[C@H]2c2cc(C)ccc2C)C1. The summed E-state index contributed by atoms with van der Waals surface area (Å²) >= 11 is 0. The Morgan fingerprint density at radius 1 is 1.09 bits per heavy atom. The average molecular weight is 462 g/mol. The molecule has 2 atom stereocenters. The zero-order valence-electron chi connectivity index (χ0n) is 20.7. The first-order chi connectivity index (χ1) is 16.4. The Balaban J connectivity index is 1.58. The molecule has 2 aromatic rings. The number of nitrogens with zero attached hydrogens (tertiary/aromatic N) is 3. The smallest absolute Gasteiger partial charge is 0.310 e. The van der Waals surface area contributed by atoms with Crippen LogP contribution < -0.4 is 0 Å². The molecule has 0 aliphatic carbocycles. The predicted molar refractivity (Wildman–Crippen MR) is 134 cm³/mol. The van der Waals surface area contributed by atoms with Gasteiger partial charge in [-0.1, -0.05) is 53.6 Å². The first-order valence-corrected chi connectivity index (χ1v) is 12.3. The second-order valence-electron chi connectivity index (χ2n) is 9.56. The molecule has 2 aliphatic heterocycles. The number of piperidine rings is 1. The van der Waals surface area contributed by atoms with E-state index in [2.05, 4.69) is 62.1 Å². The fourth-order valence-electron chi connectivity index (χ4n) is 5.02. The molecule has 1 amide bonds. The molecule has 6 nitrogen and oxygen atoms in total. The topological polar surface area (TPSA) is 62.2 Å². The van der Waals surface area contributed by atoms with Gasteiger partial charge < -0.3 is 4.74 Å². The summed E-state index contributed by atoms with van der Waals surface area (Å²) in [5.74, 6) is -0.354. The number of likely N-dealkylation sites (tertiary alicyclic amines) is 1. The quantitative estimate of drug-likeness (QED) is 0.592. The average Bonchev–Trinajstić information content (AvgIpc) is 3.26. The van der Waals surface area contributed by atoms with Crippen LogP contribution in [-0.2, 0) is 14.3 Å². The zero-order chi connectivity index (χ0) is 24.2. The molecule has 0 saturated carbocycles. The lowest BCUT2D eigenvalue weighted by Gasteiger charge is -2.32. The summed E-state index contributed by atoms with van der Waals surface area (Å²) in [7, 11) is 0. The number of amides is 1. The molecule has 0 radical (unpaired) electrons. The standard InChI is InChI=1S/C28H35N3O3/c1-5-34-28(33)23-10-7-13-30(17-23)18-27(32)31-26(24-15-20(3)11-12-21(24)4)16-25(29-31)22-9-6-8-19(2)14-22/h6,8-9,11-12,14-15,23,26H,5,7,10,13,16-18H2,1-4H3/t23-,26-/m0/s1. The molecule has 1 saturated heterocycles. The van der Waals surface area contributed by atoms with Gasteiger partial charge in [0.05, 0.1) is 30.8 Å². The largest absolute Gasteiger partial charge is 0.466 e. The highest BCUT2D eigenvalue weighted by Gasteiger charge is 2.36. The summed E-state index contributed by atoms with van der Waals surface area (Å²) in [4.78, 5) is 27.9. The lowest BCUT2D eigenvalue weighted by atomic mass is 9.93. The number of rotatable bonds is 6. The van der Waals surface area contributed by atoms with Crippen molar-refractivity contribution in [2.75, 3.05) is 26.2 Å². The fourth-order valence-corrected chi connectivity index (χ4v) is 5.02. The second-order valence-corrected chi connectivity index (χ2v) is 9.56. The van der Waals surface area contributed by atoms with E-state index in [9.17, 15) is 9.59 Å². The van der Waals surface area contributed by atoms with Gasteiger partial charge in [0.2, 0.25) is 0 Å². The van der Waals surface area contributed by atoms with Gasteiger partial charge in [-0.3, -0.25) is 14.5 Å². The molecule has 180 valence electrons. The van der Waals surface area contributed by atoms with Crippen LogP contribution in [0.3, 0.4) is 0 Å². The van der Waals surface area contributed by atoms with Crippen molar-refractivity contribution >= 4 is 17.6 Å². The molecular formula is C28H35N3O3. The third-order valence-corrected chi connectivity index (χ3v) is 6.80. The molecule has 0 spiro atoms. The first-order valence-electron chi connectivity index (χ1n) is 12.3. The van der Waals surface area contributed by atoms with E-state index in [0.717, 1.165) is 41.8 Å². The lowest BCUT2D eigenvalue weighted by Crippen LogP contribution is -2.44. The van der Waals surface area contributed by atoms with Crippen LogP contribution in [-0.4, -0.2) is 53.7 Å². The number of aryl methyl sites for hydroxylation is 3. The number of hydrogen-bond donors (Lipinski definition) is 0. The molecule has 2 aliphatic rings. The molecule has 1 fully saturated rings. The number of carbonyl (C=O) groups is 2. The molecular weight excluding hydrogens is 426 g/mol. The highest BCUT2D eigenvalue weighted by molar-refractivity contribution is 6.03. The number of hydrazone groups is 1. The summed E-state index contributed by atoms with van der Waals surface area (Å²) in [5, 5.41) is 6.55. The van der Waals surface area contributed by atoms with Crippen LogP contribution in [0.25, 0.3) is 0 Å². The Morgan fingerprint density at radius 3 is 2.65 bits per heavy atom. The summed E-state index contributed by atoms with van der Waals surface area (Å²) in [6.07, 6.45) is 2.38. The first kappa shape index (κ1) is 24.1. The minimum Gasteiger partial charge on any atom is -0.466 e. The van der Waals surface area contributed by atoms with Crippen LogP contribution >= 0.6 is 0 Å². The zero-order valence-corrected chi connectivity index (χ0v) is 20.7. The van der Waals surface area contributed by atoms with Gasteiger partial charge in [0.1, 0.15) is 0 Å². The Kier molecular flexibility index (Phi) is 7.47. The van der Waals surface area contributed by atoms with Crippen LogP contribution in [0.5, 0.6) is 0 Å². The maximum absolute atomic E-state index is 13.6. The second kappa shape index (κ2) is 10.5. The van der Waals surface area contributed by atoms with Crippen molar-refractivity contribution in [3.63, 3.8) is 0 Å². The van der Waals surface area contributed by atoms with Crippen LogP contribution in [0.1, 0.15) is 60.0 Å². The van der Waals surface area contributed by atoms with Crippen LogP contribution in [0, 0.1) is 26.7 Å². The Hall–Kier alpha value is -2.99. The van der Waals surface area contributed by atoms with Crippen molar-refractivity contribution in [2.24, 2.45) is 11.0 Å². The van der Waals surface area contributed by atoms with Crippen LogP contribution in [0.15, 0.2) is 47.6 Å². The third kappa shape index (κ3) is 5.39. The van der Waals surface area contributed by atoms with Gasteiger partial charge in [0.25, 0.3) is 5.91 Å². The molecule has 4 rings (SSSR count). The van der Waals surface area contributed by atoms with E-state index in [1.54, 1.807) is 5.01 Å². The van der Waals surface area contributed by atoms with Crippen molar-refractivity contribution in [2.45, 2.75) is 53.0 Å². The number of carbonyl (C=O) groups excluding carboxylic acids is 2. The third-order valence-electron chi connectivity index (χ3n) is 6.80.